The molecule has 2 aromatic heterocycles. The van der Waals surface area contributed by atoms with E-state index in [2.05, 4.69) is 49.7 Å². The van der Waals surface area contributed by atoms with E-state index in [-0.39, 0.29) is 65.4 Å². The Morgan fingerprint density at radius 2 is 1.89 bits per heavy atom. The van der Waals surface area contributed by atoms with E-state index in [1.165, 1.54) is 18.6 Å². The van der Waals surface area contributed by atoms with Crippen LogP contribution in [0, 0.1) is 5.92 Å². The van der Waals surface area contributed by atoms with Crippen LogP contribution in [0.1, 0.15) is 119 Å². The van der Waals surface area contributed by atoms with Gasteiger partial charge >= 0.3 is 5.97 Å². The fraction of sp³-hybridized carbons (Fsp3) is 0.482. The van der Waals surface area contributed by atoms with Crippen molar-refractivity contribution < 1.29 is 39.1 Å². The number of pyridine rings is 2. The fourth-order valence-electron chi connectivity index (χ4n) is 11.1. The highest BCUT2D eigenvalue weighted by atomic mass is 16.6. The van der Waals surface area contributed by atoms with Gasteiger partial charge < -0.3 is 55.5 Å². The summed E-state index contributed by atoms with van der Waals surface area (Å²) in [6.45, 7) is 5.28. The Morgan fingerprint density at radius 1 is 0.986 bits per heavy atom. The highest BCUT2D eigenvalue weighted by Gasteiger charge is 2.45. The summed E-state index contributed by atoms with van der Waals surface area (Å²) in [4.78, 5) is 32.8. The molecule has 2 saturated heterocycles. The third kappa shape index (κ3) is 12.8. The Bertz CT molecular complexity index is 2640. The van der Waals surface area contributed by atoms with Crippen LogP contribution in [0.25, 0.3) is 0 Å². The molecule has 7 atom stereocenters. The predicted molar refractivity (Wildman–Crippen MR) is 276 cm³/mol. The summed E-state index contributed by atoms with van der Waals surface area (Å²) in [5, 5.41) is 40.7. The lowest BCUT2D eigenvalue weighted by Crippen LogP contribution is -2.67. The molecule has 382 valence electrons. The van der Waals surface area contributed by atoms with Crippen LogP contribution >= 0.6 is 0 Å². The number of nitrogens with zero attached hydrogens (tertiary/aromatic N) is 5. The van der Waals surface area contributed by atoms with Gasteiger partial charge in [-0.15, -0.1) is 0 Å². The maximum Gasteiger partial charge on any atom is 0.302 e. The second kappa shape index (κ2) is 23.2. The molecule has 1 saturated carbocycles. The second-order valence-electron chi connectivity index (χ2n) is 20.2. The molecule has 4 aliphatic heterocycles. The van der Waals surface area contributed by atoms with Gasteiger partial charge in [0.15, 0.2) is 29.0 Å². The van der Waals surface area contributed by atoms with Gasteiger partial charge in [-0.1, -0.05) is 38.3 Å². The summed E-state index contributed by atoms with van der Waals surface area (Å²) in [5.74, 6) is 0.978. The summed E-state index contributed by atoms with van der Waals surface area (Å²) in [6, 6.07) is 16.6. The van der Waals surface area contributed by atoms with Crippen LogP contribution < -0.4 is 25.8 Å². The third-order valence-corrected chi connectivity index (χ3v) is 14.7. The molecule has 7 unspecified atom stereocenters. The lowest BCUT2D eigenvalue weighted by Gasteiger charge is -2.49. The van der Waals surface area contributed by atoms with Crippen LogP contribution in [0.4, 0.5) is 5.82 Å². The highest BCUT2D eigenvalue weighted by molar-refractivity contribution is 5.82. The second-order valence-corrected chi connectivity index (χ2v) is 20.2. The summed E-state index contributed by atoms with van der Waals surface area (Å²) in [6.07, 6.45) is 21.9. The van der Waals surface area contributed by atoms with Crippen molar-refractivity contribution in [3.05, 3.63) is 119 Å². The standard InChI is InChI=1S/C56H70N8O8/c1-3-4-5-11-40(48-29-44(70-36(2)65)30-49(72-48)42-27-47(67)54(68)51(28-42)69-23-17-38-10-7-19-58-33-38)24-39-13-14-46(66)50(25-39)71-43-12-6-18-56(31-43)32-53(64-34-41-16-22-59-45(41)35-64)62-55(63-56)61-20-8-9-37-15-21-60-52(57)26-37/h7,10,13-16,19,21-22,25-28,33,35,40,43-44,48-49,53,66-68H,3-6,8-9,11-12,17-18,20,23-24,29-32,34H2,1-2H3,(H2,57,60)(H2,61,62,63). The largest absolute Gasteiger partial charge is 0.504 e. The maximum atomic E-state index is 12.5. The van der Waals surface area contributed by atoms with Crippen molar-refractivity contribution in [3.8, 4) is 28.7 Å². The summed E-state index contributed by atoms with van der Waals surface area (Å²) < 4.78 is 25.7. The average molecular weight is 983 g/mol. The van der Waals surface area contributed by atoms with Crippen molar-refractivity contribution in [1.29, 1.82) is 0 Å². The number of phenols is 3. The summed E-state index contributed by atoms with van der Waals surface area (Å²) in [7, 11) is 0. The number of hydrogen-bond donors (Lipinski definition) is 6. The minimum atomic E-state index is -0.556. The molecule has 9 rings (SSSR count). The highest BCUT2D eigenvalue weighted by Crippen LogP contribution is 2.45. The first-order valence-corrected chi connectivity index (χ1v) is 25.9. The topological polar surface area (TPSA) is 218 Å². The number of hydrogen-bond acceptors (Lipinski definition) is 14. The quantitative estimate of drug-likeness (QED) is 0.0278. The van der Waals surface area contributed by atoms with E-state index in [4.69, 9.17) is 29.7 Å². The zero-order chi connectivity index (χ0) is 50.0. The van der Waals surface area contributed by atoms with Crippen molar-refractivity contribution in [2.24, 2.45) is 15.9 Å². The zero-order valence-electron chi connectivity index (χ0n) is 41.5. The van der Waals surface area contributed by atoms with E-state index >= 15 is 0 Å². The van der Waals surface area contributed by atoms with Crippen molar-refractivity contribution in [2.45, 2.75) is 146 Å². The number of anilines is 1. The third-order valence-electron chi connectivity index (χ3n) is 14.7. The number of aliphatic imine (C=N–C) groups is 2. The number of carbonyl (C=O) groups excluding carboxylic acids is 1. The molecule has 0 amide bonds. The van der Waals surface area contributed by atoms with Crippen molar-refractivity contribution in [1.82, 2.24) is 25.5 Å². The molecule has 6 heterocycles. The van der Waals surface area contributed by atoms with Crippen LogP contribution in [0.2, 0.25) is 0 Å². The lowest BCUT2D eigenvalue weighted by atomic mass is 9.76. The molecule has 2 aromatic carbocycles. The fourth-order valence-corrected chi connectivity index (χ4v) is 11.1. The number of esters is 1. The minimum Gasteiger partial charge on any atom is -0.504 e. The monoisotopic (exact) mass is 983 g/mol. The van der Waals surface area contributed by atoms with Gasteiger partial charge in [0.2, 0.25) is 5.75 Å². The number of nitrogens with one attached hydrogen (secondary N) is 2. The number of allylic oxidation sites excluding steroid dienone is 1. The molecule has 1 aliphatic carbocycles. The number of aryl methyl sites for hydroxylation is 1. The Morgan fingerprint density at radius 3 is 2.71 bits per heavy atom. The number of rotatable bonds is 20. The Balaban J connectivity index is 0.904. The Hall–Kier alpha value is -6.81. The van der Waals surface area contributed by atoms with Crippen LogP contribution in [-0.4, -0.2) is 98.0 Å². The van der Waals surface area contributed by atoms with Crippen molar-refractivity contribution >= 4 is 24.0 Å². The Labute approximate surface area is 422 Å². The summed E-state index contributed by atoms with van der Waals surface area (Å²) in [5.41, 5.74) is 11.6. The number of benzene rings is 2. The SMILES string of the molecule is CCCCCC(Cc1ccc(O)c(OC2CCCC3(C2)CC(N2C=C4N=CC=C4C2)NC(=NCCCc2ccnc(N)c2)N3)c1)C1CC(OC(C)=O)CC(c2cc(O)c(O)c(OCCc3cccnc3)c2)O1. The molecular weight excluding hydrogens is 913 g/mol. The molecule has 7 N–H and O–H groups in total. The van der Waals surface area contributed by atoms with Gasteiger partial charge in [0.1, 0.15) is 24.2 Å². The van der Waals surface area contributed by atoms with Gasteiger partial charge in [0, 0.05) is 94.2 Å². The smallest absolute Gasteiger partial charge is 0.302 e. The first kappa shape index (κ1) is 50.1. The molecule has 0 bridgehead atoms. The van der Waals surface area contributed by atoms with Crippen LogP contribution in [0.3, 0.4) is 0 Å². The van der Waals surface area contributed by atoms with Gasteiger partial charge in [0.05, 0.1) is 24.5 Å². The molecule has 5 aliphatic rings. The van der Waals surface area contributed by atoms with Crippen LogP contribution in [0.15, 0.2) is 107 Å². The molecule has 16 heteroatoms. The van der Waals surface area contributed by atoms with Gasteiger partial charge in [-0.3, -0.25) is 19.8 Å². The minimum absolute atomic E-state index is 0.000586. The number of guanidine groups is 1. The molecule has 1 spiro atoms. The van der Waals surface area contributed by atoms with E-state index in [1.54, 1.807) is 30.7 Å². The molecular formula is C56H70N8O8. The zero-order valence-corrected chi connectivity index (χ0v) is 41.5. The number of unbranched alkanes of at least 4 members (excludes halogenated alkanes) is 2. The van der Waals surface area contributed by atoms with E-state index in [1.807, 2.05) is 42.6 Å². The number of ether oxygens (including phenoxy) is 4. The number of fused-ring (bicyclic) bond motifs is 1. The summed E-state index contributed by atoms with van der Waals surface area (Å²) >= 11 is 0. The molecule has 0 radical (unpaired) electrons. The Kier molecular flexibility index (Phi) is 16.1. The van der Waals surface area contributed by atoms with Gasteiger partial charge in [-0.2, -0.15) is 0 Å². The molecule has 4 aromatic rings. The predicted octanol–water partition coefficient (Wildman–Crippen LogP) is 8.51. The number of nitrogens with two attached hydrogens (primary N) is 1. The normalized spacial score (nSPS) is 24.5. The number of carbonyl (C=O) groups is 1. The number of phenolic OH excluding ortho intramolecular Hbond substituents is 3. The molecule has 16 nitrogen and oxygen atoms in total. The first-order chi connectivity index (χ1) is 35.0. The van der Waals surface area contributed by atoms with Gasteiger partial charge in [-0.05, 0) is 122 Å². The number of aromatic hydroxyl groups is 3. The van der Waals surface area contributed by atoms with E-state index in [0.717, 1.165) is 106 Å². The van der Waals surface area contributed by atoms with Crippen molar-refractivity contribution in [3.63, 3.8) is 0 Å². The van der Waals surface area contributed by atoms with E-state index in [9.17, 15) is 20.1 Å². The number of nitrogen functional groups attached to an aromatic ring is 1. The maximum absolute atomic E-state index is 12.5. The van der Waals surface area contributed by atoms with E-state index in [0.29, 0.717) is 49.4 Å². The molecule has 3 fully saturated rings. The molecule has 72 heavy (non-hydrogen) atoms. The van der Waals surface area contributed by atoms with Gasteiger partial charge in [0.25, 0.3) is 0 Å². The van der Waals surface area contributed by atoms with Gasteiger partial charge in [-0.25, -0.2) is 4.98 Å². The van der Waals surface area contributed by atoms with E-state index < -0.39 is 12.2 Å². The van der Waals surface area contributed by atoms with Crippen LogP contribution in [0.5, 0.6) is 28.7 Å². The lowest BCUT2D eigenvalue weighted by molar-refractivity contribution is -0.165. The first-order valence-electron chi connectivity index (χ1n) is 25.9. The van der Waals surface area contributed by atoms with Crippen molar-refractivity contribution in [2.75, 3.05) is 25.4 Å². The average Bonchev–Trinajstić information content (AvgIpc) is 3.99. The number of aromatic nitrogens is 2. The van der Waals surface area contributed by atoms with Crippen LogP contribution in [-0.2, 0) is 33.5 Å².